The predicted octanol–water partition coefficient (Wildman–Crippen LogP) is 1.52. The second-order valence-electron chi connectivity index (χ2n) is 10.6. The van der Waals surface area contributed by atoms with Crippen LogP contribution in [0.5, 0.6) is 5.75 Å². The molecule has 0 fully saturated rings. The summed E-state index contributed by atoms with van der Waals surface area (Å²) in [5.74, 6) is -9.60. The van der Waals surface area contributed by atoms with E-state index in [9.17, 15) is 43.6 Å². The second kappa shape index (κ2) is 9.22. The Balaban J connectivity index is 1.77. The van der Waals surface area contributed by atoms with Crippen molar-refractivity contribution in [2.75, 3.05) is 14.1 Å². The third kappa shape index (κ3) is 3.60. The molecular weight excluding hydrogens is 528 g/mol. The molecule has 4 atom stereocenters. The third-order valence-corrected chi connectivity index (χ3v) is 8.24. The van der Waals surface area contributed by atoms with E-state index in [0.29, 0.717) is 6.07 Å². The molecule has 5 rings (SSSR count). The number of carbonyl (C=O) groups is 3. The van der Waals surface area contributed by atoms with Gasteiger partial charge in [0.15, 0.2) is 11.4 Å². The molecule has 0 spiro atoms. The minimum absolute atomic E-state index is 0.0465. The highest BCUT2D eigenvalue weighted by atomic mass is 19.1. The Morgan fingerprint density at radius 3 is 2.38 bits per heavy atom. The van der Waals surface area contributed by atoms with Crippen molar-refractivity contribution >= 4 is 17.5 Å². The van der Waals surface area contributed by atoms with Gasteiger partial charge in [0.25, 0.3) is 5.91 Å². The number of primary amides is 1. The number of allylic oxidation sites excluding steroid dienone is 1. The van der Waals surface area contributed by atoms with E-state index in [4.69, 9.17) is 11.5 Å². The van der Waals surface area contributed by atoms with Gasteiger partial charge in [0.05, 0.1) is 11.6 Å². The Morgan fingerprint density at radius 1 is 1.12 bits per heavy atom. The average molecular weight is 556 g/mol. The Hall–Kier alpha value is -4.13. The van der Waals surface area contributed by atoms with Gasteiger partial charge in [0, 0.05) is 35.2 Å². The number of benzene rings is 2. The first-order valence-corrected chi connectivity index (χ1v) is 12.4. The number of phenols is 1. The summed E-state index contributed by atoms with van der Waals surface area (Å²) in [5, 5.41) is 44.9. The summed E-state index contributed by atoms with van der Waals surface area (Å²) in [4.78, 5) is 40.9. The Labute approximate surface area is 226 Å². The Bertz CT molecular complexity index is 1580. The van der Waals surface area contributed by atoms with Gasteiger partial charge >= 0.3 is 0 Å². The molecule has 1 amide bonds. The SMILES string of the molecule is CN(C)[C@@H]1C(O)=C(C(N)=O)C(=O)[C@@]2(O)C(O)=C3C(=O)c4c(O)c(CN)cc(-c5ccc(F)cc5F)c4C[C@H]3C[C@@H]12. The lowest BCUT2D eigenvalue weighted by Gasteiger charge is -2.50. The first kappa shape index (κ1) is 27.4. The average Bonchev–Trinajstić information content (AvgIpc) is 2.86. The van der Waals surface area contributed by atoms with Gasteiger partial charge in [-0.05, 0) is 62.2 Å². The number of aliphatic hydroxyl groups excluding tert-OH is 2. The van der Waals surface area contributed by atoms with Crippen molar-refractivity contribution in [2.24, 2.45) is 23.3 Å². The maximum Gasteiger partial charge on any atom is 0.255 e. The summed E-state index contributed by atoms with van der Waals surface area (Å²) < 4.78 is 28.6. The number of Topliss-reactive ketones (excluding diaryl/α,β-unsaturated/α-hetero) is 2. The summed E-state index contributed by atoms with van der Waals surface area (Å²) in [5.41, 5.74) is 7.18. The number of nitrogens with zero attached hydrogens (tertiary/aromatic N) is 1. The number of hydrogen-bond acceptors (Lipinski definition) is 9. The number of carbonyl (C=O) groups excluding carboxylic acids is 3. The molecule has 0 saturated heterocycles. The minimum atomic E-state index is -2.78. The Morgan fingerprint density at radius 2 is 1.80 bits per heavy atom. The molecule has 2 aromatic rings. The van der Waals surface area contributed by atoms with E-state index in [1.807, 2.05) is 0 Å². The fourth-order valence-corrected chi connectivity index (χ4v) is 6.48. The van der Waals surface area contributed by atoms with Crippen LogP contribution in [0.4, 0.5) is 8.78 Å². The van der Waals surface area contributed by atoms with E-state index in [0.717, 1.165) is 6.07 Å². The van der Waals surface area contributed by atoms with E-state index < -0.39 is 75.4 Å². The Kier molecular flexibility index (Phi) is 6.32. The molecule has 40 heavy (non-hydrogen) atoms. The molecule has 12 heteroatoms. The van der Waals surface area contributed by atoms with Crippen molar-refractivity contribution in [3.63, 3.8) is 0 Å². The van der Waals surface area contributed by atoms with Crippen molar-refractivity contribution in [1.29, 1.82) is 0 Å². The molecule has 8 N–H and O–H groups in total. The molecule has 0 aliphatic heterocycles. The van der Waals surface area contributed by atoms with Crippen LogP contribution in [0.15, 0.2) is 46.9 Å². The molecule has 0 heterocycles. The van der Waals surface area contributed by atoms with E-state index in [-0.39, 0.29) is 52.8 Å². The highest BCUT2D eigenvalue weighted by Crippen LogP contribution is 2.53. The lowest BCUT2D eigenvalue weighted by atomic mass is 9.58. The third-order valence-electron chi connectivity index (χ3n) is 8.24. The van der Waals surface area contributed by atoms with Crippen LogP contribution in [-0.2, 0) is 22.6 Å². The van der Waals surface area contributed by atoms with Gasteiger partial charge in [-0.3, -0.25) is 19.3 Å². The normalized spacial score (nSPS) is 26.1. The lowest BCUT2D eigenvalue weighted by Crippen LogP contribution is -2.63. The number of aliphatic hydroxyl groups is 3. The van der Waals surface area contributed by atoms with Crippen molar-refractivity contribution in [1.82, 2.24) is 4.90 Å². The number of hydrogen-bond donors (Lipinski definition) is 6. The zero-order chi connectivity index (χ0) is 29.4. The summed E-state index contributed by atoms with van der Waals surface area (Å²) in [6, 6.07) is 3.18. The summed E-state index contributed by atoms with van der Waals surface area (Å²) in [6.45, 7) is -0.252. The first-order chi connectivity index (χ1) is 18.7. The molecule has 3 aliphatic rings. The second-order valence-corrected chi connectivity index (χ2v) is 10.6. The molecule has 2 aromatic carbocycles. The van der Waals surface area contributed by atoms with E-state index in [2.05, 4.69) is 0 Å². The van der Waals surface area contributed by atoms with Crippen LogP contribution in [0.1, 0.15) is 27.9 Å². The van der Waals surface area contributed by atoms with E-state index >= 15 is 0 Å². The molecule has 0 aromatic heterocycles. The van der Waals surface area contributed by atoms with Gasteiger partial charge in [-0.1, -0.05) is 0 Å². The number of aromatic hydroxyl groups is 1. The maximum atomic E-state index is 14.9. The monoisotopic (exact) mass is 555 g/mol. The molecule has 3 aliphatic carbocycles. The van der Waals surface area contributed by atoms with Gasteiger partial charge in [-0.25, -0.2) is 8.78 Å². The van der Waals surface area contributed by atoms with E-state index in [1.54, 1.807) is 0 Å². The van der Waals surface area contributed by atoms with Crippen LogP contribution in [0.3, 0.4) is 0 Å². The molecule has 0 saturated carbocycles. The largest absolute Gasteiger partial charge is 0.510 e. The van der Waals surface area contributed by atoms with Crippen LogP contribution in [0.2, 0.25) is 0 Å². The highest BCUT2D eigenvalue weighted by molar-refractivity contribution is 6.25. The van der Waals surface area contributed by atoms with Crippen molar-refractivity contribution in [3.8, 4) is 16.9 Å². The fraction of sp³-hybridized carbons (Fsp3) is 0.321. The number of rotatable bonds is 4. The maximum absolute atomic E-state index is 14.9. The molecular formula is C28H27F2N3O7. The number of likely N-dealkylation sites (N-methyl/N-ethyl adjacent to an activating group) is 1. The predicted molar refractivity (Wildman–Crippen MR) is 137 cm³/mol. The zero-order valence-electron chi connectivity index (χ0n) is 21.5. The summed E-state index contributed by atoms with van der Waals surface area (Å²) in [7, 11) is 3.05. The van der Waals surface area contributed by atoms with E-state index in [1.165, 1.54) is 31.1 Å². The number of ketones is 2. The number of fused-ring (bicyclic) bond motifs is 3. The van der Waals surface area contributed by atoms with Gasteiger partial charge in [-0.15, -0.1) is 0 Å². The van der Waals surface area contributed by atoms with Crippen LogP contribution in [0, 0.1) is 23.5 Å². The van der Waals surface area contributed by atoms with Crippen molar-refractivity contribution in [2.45, 2.75) is 31.0 Å². The molecule has 210 valence electrons. The van der Waals surface area contributed by atoms with Crippen molar-refractivity contribution < 1.29 is 43.6 Å². The van der Waals surface area contributed by atoms with Gasteiger partial charge < -0.3 is 31.9 Å². The fourth-order valence-electron chi connectivity index (χ4n) is 6.48. The van der Waals surface area contributed by atoms with Crippen LogP contribution < -0.4 is 11.5 Å². The number of halogens is 2. The molecule has 0 bridgehead atoms. The van der Waals surface area contributed by atoms with Crippen molar-refractivity contribution in [3.05, 3.63) is 75.3 Å². The van der Waals surface area contributed by atoms with Crippen LogP contribution >= 0.6 is 0 Å². The number of amides is 1. The number of nitrogens with two attached hydrogens (primary N) is 2. The van der Waals surface area contributed by atoms with Crippen LogP contribution in [-0.4, -0.2) is 68.5 Å². The van der Waals surface area contributed by atoms with Gasteiger partial charge in [-0.2, -0.15) is 0 Å². The smallest absolute Gasteiger partial charge is 0.255 e. The highest BCUT2D eigenvalue weighted by Gasteiger charge is 2.63. The molecule has 0 radical (unpaired) electrons. The van der Waals surface area contributed by atoms with Crippen LogP contribution in [0.25, 0.3) is 11.1 Å². The first-order valence-electron chi connectivity index (χ1n) is 12.4. The summed E-state index contributed by atoms with van der Waals surface area (Å²) >= 11 is 0. The van der Waals surface area contributed by atoms with Gasteiger partial charge in [0.1, 0.15) is 34.5 Å². The quantitative estimate of drug-likeness (QED) is 0.304. The lowest BCUT2D eigenvalue weighted by molar-refractivity contribution is -0.148. The zero-order valence-corrected chi connectivity index (χ0v) is 21.5. The standard InChI is InChI=1S/C28H27F2N3O7/c1-33(2)21-16-7-10-5-15-14(13-4-3-12(29)8-17(13)30)6-11(9-31)22(34)19(15)23(35)18(10)25(37)28(16,40)26(38)20(24(21)36)27(32)39/h3-4,6,8,10,16,21,34,36-37,40H,5,7,9,31H2,1-2H3,(H2,32,39)/t10-,16-,21-,28-/m0/s1. The number of phenolic OH excluding ortho intramolecular Hbond substituents is 1. The topological polar surface area (TPSA) is 187 Å². The minimum Gasteiger partial charge on any atom is -0.510 e. The molecule has 10 nitrogen and oxygen atoms in total. The summed E-state index contributed by atoms with van der Waals surface area (Å²) in [6.07, 6.45) is -0.185. The van der Waals surface area contributed by atoms with Gasteiger partial charge in [0.2, 0.25) is 5.78 Å². The molecule has 0 unspecified atom stereocenters.